The Morgan fingerprint density at radius 1 is 1.04 bits per heavy atom. The topological polar surface area (TPSA) is 49.9 Å². The Morgan fingerprint density at radius 3 is 1.96 bits per heavy atom. The fourth-order valence-corrected chi connectivity index (χ4v) is 6.49. The number of anilines is 2. The van der Waals surface area contributed by atoms with Crippen LogP contribution in [0.3, 0.4) is 0 Å². The van der Waals surface area contributed by atoms with Crippen molar-refractivity contribution in [3.63, 3.8) is 0 Å². The van der Waals surface area contributed by atoms with Gasteiger partial charge in [0.2, 0.25) is 0 Å². The van der Waals surface area contributed by atoms with E-state index in [-0.39, 0.29) is 17.3 Å². The zero-order chi connectivity index (χ0) is 19.5. The van der Waals surface area contributed by atoms with Gasteiger partial charge in [0.1, 0.15) is 0 Å². The van der Waals surface area contributed by atoms with Gasteiger partial charge in [-0.3, -0.25) is 9.36 Å². The summed E-state index contributed by atoms with van der Waals surface area (Å²) in [6.45, 7) is 3.71. The molecule has 0 N–H and O–H groups in total. The maximum atomic E-state index is 14.0. The first-order chi connectivity index (χ1) is 12.2. The Morgan fingerprint density at radius 2 is 1.54 bits per heavy atom. The summed E-state index contributed by atoms with van der Waals surface area (Å²) in [5.41, 5.74) is 1.58. The summed E-state index contributed by atoms with van der Waals surface area (Å²) >= 11 is 0. The molecule has 1 aromatic rings. The molecule has 1 fully saturated rings. The van der Waals surface area contributed by atoms with E-state index in [1.807, 2.05) is 70.0 Å². The lowest BCUT2D eigenvalue weighted by molar-refractivity contribution is 0.103. The van der Waals surface area contributed by atoms with Crippen LogP contribution in [-0.4, -0.2) is 45.5 Å². The van der Waals surface area contributed by atoms with Crippen molar-refractivity contribution in [3.05, 3.63) is 23.8 Å². The van der Waals surface area contributed by atoms with Crippen LogP contribution in [-0.2, 0) is 9.09 Å². The van der Waals surface area contributed by atoms with Crippen LogP contribution in [0.1, 0.15) is 56.3 Å². The van der Waals surface area contributed by atoms with Crippen molar-refractivity contribution in [1.82, 2.24) is 0 Å². The average molecular weight is 380 g/mol. The minimum atomic E-state index is -3.49. The van der Waals surface area contributed by atoms with E-state index >= 15 is 0 Å². The molecule has 0 radical (unpaired) electrons. The van der Waals surface area contributed by atoms with E-state index in [0.717, 1.165) is 43.5 Å². The number of carbonyl (C=O) groups excluding carboxylic acids is 1. The molecule has 1 atom stereocenters. The highest BCUT2D eigenvalue weighted by atomic mass is 31.2. The molecule has 0 spiro atoms. The van der Waals surface area contributed by atoms with Crippen molar-refractivity contribution < 1.29 is 13.9 Å². The van der Waals surface area contributed by atoms with E-state index in [0.29, 0.717) is 5.56 Å². The zero-order valence-electron chi connectivity index (χ0n) is 17.0. The van der Waals surface area contributed by atoms with Crippen molar-refractivity contribution in [1.29, 1.82) is 0 Å². The minimum Gasteiger partial charge on any atom is -0.377 e. The molecule has 1 unspecified atom stereocenters. The average Bonchev–Trinajstić information content (AvgIpc) is 2.60. The van der Waals surface area contributed by atoms with Crippen molar-refractivity contribution in [2.75, 3.05) is 38.0 Å². The Bertz CT molecular complexity index is 653. The summed E-state index contributed by atoms with van der Waals surface area (Å²) in [4.78, 5) is 17.5. The van der Waals surface area contributed by atoms with Crippen molar-refractivity contribution in [2.24, 2.45) is 0 Å². The third-order valence-electron chi connectivity index (χ3n) is 4.90. The molecule has 26 heavy (non-hydrogen) atoms. The fraction of sp³-hybridized carbons (Fsp3) is 0.650. The van der Waals surface area contributed by atoms with Crippen molar-refractivity contribution in [3.8, 4) is 0 Å². The van der Waals surface area contributed by atoms with Gasteiger partial charge in [-0.25, -0.2) is 0 Å². The van der Waals surface area contributed by atoms with Crippen LogP contribution in [0.5, 0.6) is 0 Å². The van der Waals surface area contributed by atoms with Gasteiger partial charge in [0, 0.05) is 45.2 Å². The molecule has 146 valence electrons. The first kappa shape index (κ1) is 21.0. The summed E-state index contributed by atoms with van der Waals surface area (Å²) in [5, 5.41) is 0. The highest BCUT2D eigenvalue weighted by molar-refractivity contribution is 7.77. The maximum Gasteiger partial charge on any atom is 0.274 e. The second-order valence-corrected chi connectivity index (χ2v) is 10.3. The molecule has 1 aliphatic rings. The summed E-state index contributed by atoms with van der Waals surface area (Å²) < 4.78 is 20.0. The summed E-state index contributed by atoms with van der Waals surface area (Å²) in [5.74, 6) is 0. The molecule has 1 aliphatic carbocycles. The number of carbonyl (C=O) groups is 1. The molecular formula is C20H33N2O3P. The van der Waals surface area contributed by atoms with E-state index in [9.17, 15) is 9.36 Å². The SMILES string of the molecule is CC(C)OP(=O)(C(=O)c1c(N(C)C)cccc1N(C)C)C1CCCCC1. The molecule has 6 heteroatoms. The van der Waals surface area contributed by atoms with Gasteiger partial charge in [0.25, 0.3) is 12.9 Å². The minimum absolute atomic E-state index is 0.170. The summed E-state index contributed by atoms with van der Waals surface area (Å²) in [6.07, 6.45) is 4.53. The zero-order valence-corrected chi connectivity index (χ0v) is 17.9. The van der Waals surface area contributed by atoms with Crippen LogP contribution in [0.4, 0.5) is 11.4 Å². The fourth-order valence-electron chi connectivity index (χ4n) is 3.68. The summed E-state index contributed by atoms with van der Waals surface area (Å²) in [6, 6.07) is 5.73. The predicted molar refractivity (Wildman–Crippen MR) is 110 cm³/mol. The quantitative estimate of drug-likeness (QED) is 0.624. The van der Waals surface area contributed by atoms with E-state index in [2.05, 4.69) is 0 Å². The largest absolute Gasteiger partial charge is 0.377 e. The molecule has 0 bridgehead atoms. The van der Waals surface area contributed by atoms with Gasteiger partial charge in [-0.2, -0.15) is 0 Å². The lowest BCUT2D eigenvalue weighted by atomic mass is 10.0. The monoisotopic (exact) mass is 380 g/mol. The normalized spacial score (nSPS) is 17.8. The third kappa shape index (κ3) is 4.32. The number of benzene rings is 1. The van der Waals surface area contributed by atoms with Gasteiger partial charge in [0.15, 0.2) is 0 Å². The summed E-state index contributed by atoms with van der Waals surface area (Å²) in [7, 11) is 4.12. The van der Waals surface area contributed by atoms with E-state index in [1.165, 1.54) is 0 Å². The molecule has 2 rings (SSSR count). The molecule has 0 heterocycles. The maximum absolute atomic E-state index is 14.0. The Kier molecular flexibility index (Phi) is 6.92. The molecule has 5 nitrogen and oxygen atoms in total. The lowest BCUT2D eigenvalue weighted by Gasteiger charge is -2.32. The highest BCUT2D eigenvalue weighted by Gasteiger charge is 2.45. The second kappa shape index (κ2) is 8.58. The molecule has 0 aliphatic heterocycles. The van der Waals surface area contributed by atoms with Crippen LogP contribution >= 0.6 is 7.37 Å². The Hall–Kier alpha value is -1.32. The second-order valence-electron chi connectivity index (χ2n) is 7.81. The van der Waals surface area contributed by atoms with Gasteiger partial charge in [0.05, 0.1) is 11.7 Å². The Balaban J connectivity index is 2.60. The molecular weight excluding hydrogens is 347 g/mol. The van der Waals surface area contributed by atoms with Gasteiger partial charge in [-0.1, -0.05) is 25.3 Å². The van der Waals surface area contributed by atoms with Crippen LogP contribution in [0.15, 0.2) is 18.2 Å². The van der Waals surface area contributed by atoms with E-state index in [4.69, 9.17) is 4.52 Å². The first-order valence-corrected chi connectivity index (χ1v) is 11.2. The molecule has 0 aromatic heterocycles. The Labute approximate surface area is 158 Å². The molecule has 0 amide bonds. The lowest BCUT2D eigenvalue weighted by Crippen LogP contribution is -2.25. The van der Waals surface area contributed by atoms with Crippen molar-refractivity contribution in [2.45, 2.75) is 57.7 Å². The standard InChI is InChI=1S/C20H33N2O3P/c1-15(2)25-26(24,16-11-8-7-9-12-16)20(23)19-17(21(3)4)13-10-14-18(19)22(5)6/h10,13-16H,7-9,11-12H2,1-6H3. The number of nitrogens with zero attached hydrogens (tertiary/aromatic N) is 2. The van der Waals surface area contributed by atoms with Gasteiger partial charge < -0.3 is 14.3 Å². The predicted octanol–water partition coefficient (Wildman–Crippen LogP) is 4.99. The van der Waals surface area contributed by atoms with Crippen LogP contribution in [0.25, 0.3) is 0 Å². The number of hydrogen-bond donors (Lipinski definition) is 0. The van der Waals surface area contributed by atoms with Crippen LogP contribution in [0.2, 0.25) is 0 Å². The van der Waals surface area contributed by atoms with E-state index < -0.39 is 7.37 Å². The van der Waals surface area contributed by atoms with Gasteiger partial charge in [-0.15, -0.1) is 0 Å². The first-order valence-electron chi connectivity index (χ1n) is 9.49. The third-order valence-corrected chi connectivity index (χ3v) is 7.91. The van der Waals surface area contributed by atoms with Crippen molar-refractivity contribution >= 4 is 24.3 Å². The highest BCUT2D eigenvalue weighted by Crippen LogP contribution is 2.61. The number of rotatable bonds is 7. The smallest absolute Gasteiger partial charge is 0.274 e. The molecule has 0 saturated heterocycles. The van der Waals surface area contributed by atoms with Gasteiger partial charge >= 0.3 is 0 Å². The van der Waals surface area contributed by atoms with Crippen LogP contribution < -0.4 is 9.80 Å². The van der Waals surface area contributed by atoms with E-state index in [1.54, 1.807) is 0 Å². The molecule has 1 aromatic carbocycles. The molecule has 1 saturated carbocycles. The van der Waals surface area contributed by atoms with Gasteiger partial charge in [-0.05, 0) is 38.8 Å². The van der Waals surface area contributed by atoms with Crippen LogP contribution in [0, 0.1) is 0 Å². The number of hydrogen-bond acceptors (Lipinski definition) is 5.